The largest absolute Gasteiger partial charge is 0.489 e. The van der Waals surface area contributed by atoms with E-state index in [1.165, 1.54) is 5.56 Å². The lowest BCUT2D eigenvalue weighted by Crippen LogP contribution is -2.15. The molecule has 0 fully saturated rings. The highest BCUT2D eigenvalue weighted by atomic mass is 79.9. The highest BCUT2D eigenvalue weighted by Crippen LogP contribution is 2.24. The van der Waals surface area contributed by atoms with Crippen LogP contribution in [0.2, 0.25) is 0 Å². The van der Waals surface area contributed by atoms with E-state index in [0.29, 0.717) is 6.61 Å². The van der Waals surface area contributed by atoms with Crippen LogP contribution in [-0.2, 0) is 13.2 Å². The van der Waals surface area contributed by atoms with Gasteiger partial charge in [-0.25, -0.2) is 0 Å². The first-order valence-corrected chi connectivity index (χ1v) is 8.85. The lowest BCUT2D eigenvalue weighted by atomic mass is 10.2. The summed E-state index contributed by atoms with van der Waals surface area (Å²) in [4.78, 5) is 0. The summed E-state index contributed by atoms with van der Waals surface area (Å²) in [7, 11) is 0. The smallest absolute Gasteiger partial charge is 0.124 e. The van der Waals surface area contributed by atoms with Gasteiger partial charge in [0.05, 0.1) is 0 Å². The maximum absolute atomic E-state index is 8.78. The zero-order valence-corrected chi connectivity index (χ0v) is 14.9. The molecule has 4 heteroatoms. The number of hydrogen-bond donors (Lipinski definition) is 2. The number of unbranched alkanes of at least 4 members (excludes halogenated alkanes) is 2. The van der Waals surface area contributed by atoms with E-state index in [1.54, 1.807) is 0 Å². The number of rotatable bonds is 10. The number of ether oxygens (including phenoxy) is 1. The number of halogens is 1. The van der Waals surface area contributed by atoms with Gasteiger partial charge in [-0.2, -0.15) is 0 Å². The molecule has 0 aliphatic rings. The Labute approximate surface area is 146 Å². The molecule has 0 atom stereocenters. The Morgan fingerprint density at radius 3 is 2.61 bits per heavy atom. The monoisotopic (exact) mass is 377 g/mol. The number of aliphatic hydroxyl groups is 1. The van der Waals surface area contributed by atoms with E-state index < -0.39 is 0 Å². The van der Waals surface area contributed by atoms with E-state index in [9.17, 15) is 0 Å². The molecule has 0 aliphatic carbocycles. The molecule has 0 amide bonds. The first kappa shape index (κ1) is 18.0. The predicted octanol–water partition coefficient (Wildman–Crippen LogP) is 4.28. The van der Waals surface area contributed by atoms with Gasteiger partial charge in [-0.1, -0.05) is 46.3 Å². The molecule has 0 aromatic heterocycles. The second-order valence-electron chi connectivity index (χ2n) is 5.49. The Bertz CT molecular complexity index is 575. The van der Waals surface area contributed by atoms with Crippen molar-refractivity contribution in [3.8, 4) is 5.75 Å². The summed E-state index contributed by atoms with van der Waals surface area (Å²) < 4.78 is 7.04. The molecule has 2 rings (SSSR count). The van der Waals surface area contributed by atoms with Gasteiger partial charge in [-0.05, 0) is 49.6 Å². The van der Waals surface area contributed by atoms with Crippen LogP contribution >= 0.6 is 15.9 Å². The topological polar surface area (TPSA) is 41.5 Å². The minimum absolute atomic E-state index is 0.281. The van der Waals surface area contributed by atoms with E-state index in [-0.39, 0.29) is 6.61 Å². The number of benzene rings is 2. The predicted molar refractivity (Wildman–Crippen MR) is 97.6 cm³/mol. The zero-order chi connectivity index (χ0) is 16.3. The lowest BCUT2D eigenvalue weighted by Gasteiger charge is -2.13. The molecular weight excluding hydrogens is 354 g/mol. The van der Waals surface area contributed by atoms with Gasteiger partial charge in [-0.3, -0.25) is 0 Å². The first-order chi connectivity index (χ1) is 11.3. The molecule has 0 bridgehead atoms. The minimum Gasteiger partial charge on any atom is -0.489 e. The fraction of sp³-hybridized carbons (Fsp3) is 0.368. The summed E-state index contributed by atoms with van der Waals surface area (Å²) in [5, 5.41) is 12.2. The van der Waals surface area contributed by atoms with Crippen molar-refractivity contribution in [3.63, 3.8) is 0 Å². The number of nitrogens with one attached hydrogen (secondary N) is 1. The number of hydrogen-bond acceptors (Lipinski definition) is 3. The SMILES string of the molecule is OCCCCCNCc1cc(Br)ccc1OCc1ccccc1. The van der Waals surface area contributed by atoms with Gasteiger partial charge in [0.2, 0.25) is 0 Å². The molecule has 0 heterocycles. The highest BCUT2D eigenvalue weighted by molar-refractivity contribution is 9.10. The molecule has 0 saturated heterocycles. The first-order valence-electron chi connectivity index (χ1n) is 8.06. The van der Waals surface area contributed by atoms with Crippen molar-refractivity contribution < 1.29 is 9.84 Å². The summed E-state index contributed by atoms with van der Waals surface area (Å²) in [6.45, 7) is 2.59. The van der Waals surface area contributed by atoms with E-state index in [4.69, 9.17) is 9.84 Å². The fourth-order valence-electron chi connectivity index (χ4n) is 2.32. The zero-order valence-electron chi connectivity index (χ0n) is 13.3. The van der Waals surface area contributed by atoms with Crippen molar-refractivity contribution in [2.75, 3.05) is 13.2 Å². The van der Waals surface area contributed by atoms with Crippen LogP contribution in [0.5, 0.6) is 5.75 Å². The third kappa shape index (κ3) is 6.73. The third-order valence-electron chi connectivity index (χ3n) is 3.59. The van der Waals surface area contributed by atoms with Crippen LogP contribution in [0.1, 0.15) is 30.4 Å². The third-order valence-corrected chi connectivity index (χ3v) is 4.08. The number of aliphatic hydroxyl groups excluding tert-OH is 1. The van der Waals surface area contributed by atoms with Gasteiger partial charge in [0.1, 0.15) is 12.4 Å². The van der Waals surface area contributed by atoms with Crippen LogP contribution in [-0.4, -0.2) is 18.3 Å². The molecule has 124 valence electrons. The lowest BCUT2D eigenvalue weighted by molar-refractivity contribution is 0.282. The fourth-order valence-corrected chi connectivity index (χ4v) is 2.73. The van der Waals surface area contributed by atoms with E-state index >= 15 is 0 Å². The molecule has 2 aromatic rings. The maximum atomic E-state index is 8.78. The van der Waals surface area contributed by atoms with Crippen LogP contribution in [0.15, 0.2) is 53.0 Å². The highest BCUT2D eigenvalue weighted by Gasteiger charge is 2.05. The summed E-state index contributed by atoms with van der Waals surface area (Å²) >= 11 is 3.52. The molecule has 0 saturated carbocycles. The Morgan fingerprint density at radius 2 is 1.83 bits per heavy atom. The second kappa shape index (κ2) is 10.4. The summed E-state index contributed by atoms with van der Waals surface area (Å²) in [6, 6.07) is 16.3. The van der Waals surface area contributed by atoms with Gasteiger partial charge in [0.15, 0.2) is 0 Å². The van der Waals surface area contributed by atoms with E-state index in [0.717, 1.165) is 48.1 Å². The van der Waals surface area contributed by atoms with Crippen molar-refractivity contribution in [1.29, 1.82) is 0 Å². The summed E-state index contributed by atoms with van der Waals surface area (Å²) in [5.74, 6) is 0.917. The van der Waals surface area contributed by atoms with Gasteiger partial charge in [-0.15, -0.1) is 0 Å². The van der Waals surface area contributed by atoms with Crippen LogP contribution in [0.25, 0.3) is 0 Å². The normalized spacial score (nSPS) is 10.7. The van der Waals surface area contributed by atoms with Crippen molar-refractivity contribution >= 4 is 15.9 Å². The van der Waals surface area contributed by atoms with Crippen molar-refractivity contribution in [1.82, 2.24) is 5.32 Å². The van der Waals surface area contributed by atoms with Crippen LogP contribution in [0, 0.1) is 0 Å². The van der Waals surface area contributed by atoms with Gasteiger partial charge < -0.3 is 15.2 Å². The summed E-state index contributed by atoms with van der Waals surface area (Å²) in [6.07, 6.45) is 3.01. The molecule has 0 aliphatic heterocycles. The molecule has 0 unspecified atom stereocenters. The second-order valence-corrected chi connectivity index (χ2v) is 6.40. The van der Waals surface area contributed by atoms with Crippen LogP contribution in [0.4, 0.5) is 0 Å². The average Bonchev–Trinajstić information content (AvgIpc) is 2.58. The quantitative estimate of drug-likeness (QED) is 0.607. The van der Waals surface area contributed by atoms with Crippen molar-refractivity contribution in [2.45, 2.75) is 32.4 Å². The Hall–Kier alpha value is -1.36. The van der Waals surface area contributed by atoms with Gasteiger partial charge in [0, 0.05) is 23.2 Å². The van der Waals surface area contributed by atoms with Crippen molar-refractivity contribution in [2.24, 2.45) is 0 Å². The maximum Gasteiger partial charge on any atom is 0.124 e. The Balaban J connectivity index is 1.86. The minimum atomic E-state index is 0.281. The van der Waals surface area contributed by atoms with Crippen LogP contribution in [0.3, 0.4) is 0 Å². The summed E-state index contributed by atoms with van der Waals surface area (Å²) in [5.41, 5.74) is 2.32. The average molecular weight is 378 g/mol. The van der Waals surface area contributed by atoms with E-state index in [2.05, 4.69) is 39.4 Å². The molecule has 0 radical (unpaired) electrons. The van der Waals surface area contributed by atoms with Crippen molar-refractivity contribution in [3.05, 3.63) is 64.1 Å². The van der Waals surface area contributed by atoms with Gasteiger partial charge >= 0.3 is 0 Å². The molecule has 23 heavy (non-hydrogen) atoms. The molecule has 2 aromatic carbocycles. The van der Waals surface area contributed by atoms with Gasteiger partial charge in [0.25, 0.3) is 0 Å². The van der Waals surface area contributed by atoms with Crippen LogP contribution < -0.4 is 10.1 Å². The Morgan fingerprint density at radius 1 is 1.00 bits per heavy atom. The standard InChI is InChI=1S/C19H24BrNO2/c20-18-9-10-19(23-15-16-7-3-1-4-8-16)17(13-18)14-21-11-5-2-6-12-22/h1,3-4,7-10,13,21-22H,2,5-6,11-12,14-15H2. The molecule has 3 nitrogen and oxygen atoms in total. The van der Waals surface area contributed by atoms with E-state index in [1.807, 2.05) is 30.3 Å². The molecule has 2 N–H and O–H groups in total. The molecular formula is C19H24BrNO2. The Kier molecular flexibility index (Phi) is 8.15. The molecule has 0 spiro atoms.